The van der Waals surface area contributed by atoms with Gasteiger partial charge in [-0.1, -0.05) is 12.1 Å². The van der Waals surface area contributed by atoms with Crippen LogP contribution in [-0.2, 0) is 0 Å². The van der Waals surface area contributed by atoms with E-state index in [9.17, 15) is 5.21 Å². The van der Waals surface area contributed by atoms with Gasteiger partial charge in [0.25, 0.3) is 0 Å². The second-order valence-corrected chi connectivity index (χ2v) is 2.32. The Morgan fingerprint density at radius 3 is 3.00 bits per heavy atom. The average molecular weight is 136 g/mol. The van der Waals surface area contributed by atoms with Crippen molar-refractivity contribution in [3.63, 3.8) is 0 Å². The van der Waals surface area contributed by atoms with Crippen LogP contribution in [0.15, 0.2) is 24.3 Å². The zero-order valence-corrected chi connectivity index (χ0v) is 5.42. The minimum Gasteiger partial charge on any atom is -0.627 e. The zero-order valence-electron chi connectivity index (χ0n) is 5.42. The quantitative estimate of drug-likeness (QED) is 0.496. The van der Waals surface area contributed by atoms with Gasteiger partial charge in [0.2, 0.25) is 0 Å². The lowest BCUT2D eigenvalue weighted by Crippen LogP contribution is -3.01. The van der Waals surface area contributed by atoms with Crippen molar-refractivity contribution >= 4 is 11.4 Å². The molecule has 10 heavy (non-hydrogen) atoms. The molecule has 0 amide bonds. The Labute approximate surface area is 58.8 Å². The largest absolute Gasteiger partial charge is 0.627 e. The molecule has 1 atom stereocenters. The molecule has 0 fully saturated rings. The van der Waals surface area contributed by atoms with E-state index in [0.29, 0.717) is 6.67 Å². The number of hydrogen-bond donors (Lipinski definition) is 2. The van der Waals surface area contributed by atoms with Gasteiger partial charge in [0, 0.05) is 6.07 Å². The van der Waals surface area contributed by atoms with E-state index < -0.39 is 0 Å². The van der Waals surface area contributed by atoms with Crippen molar-refractivity contribution in [3.05, 3.63) is 29.5 Å². The van der Waals surface area contributed by atoms with Crippen LogP contribution in [0, 0.1) is 5.21 Å². The number of fused-ring (bicyclic) bond motifs is 1. The van der Waals surface area contributed by atoms with Crippen molar-refractivity contribution in [2.24, 2.45) is 0 Å². The molecule has 52 valence electrons. The third-order valence-corrected chi connectivity index (χ3v) is 1.67. The van der Waals surface area contributed by atoms with E-state index in [4.69, 9.17) is 0 Å². The third kappa shape index (κ3) is 0.683. The molecule has 0 spiro atoms. The van der Waals surface area contributed by atoms with Gasteiger partial charge in [0.05, 0.1) is 0 Å². The Bertz CT molecular complexity index is 249. The SMILES string of the molecule is [O-][NH+]1CNc2ccccc21. The van der Waals surface area contributed by atoms with Crippen molar-refractivity contribution in [2.45, 2.75) is 0 Å². The summed E-state index contributed by atoms with van der Waals surface area (Å²) < 4.78 is 0. The first-order valence-electron chi connectivity index (χ1n) is 3.24. The molecule has 1 aromatic rings. The summed E-state index contributed by atoms with van der Waals surface area (Å²) in [6.45, 7) is 0.458. The van der Waals surface area contributed by atoms with Crippen molar-refractivity contribution in [3.8, 4) is 0 Å². The number of hydroxylamine groups is 1. The monoisotopic (exact) mass is 136 g/mol. The molecule has 0 saturated carbocycles. The molecule has 0 aliphatic carbocycles. The normalized spacial score (nSPS) is 21.9. The standard InChI is InChI=1S/C7H8N2O/c10-9-5-8-6-3-1-2-4-7(6)9/h1-4,8-9H,5H2. The van der Waals surface area contributed by atoms with Gasteiger partial charge < -0.3 is 15.6 Å². The highest BCUT2D eigenvalue weighted by atomic mass is 16.5. The minimum atomic E-state index is 0.190. The molecule has 1 unspecified atom stereocenters. The van der Waals surface area contributed by atoms with Crippen LogP contribution in [-0.4, -0.2) is 6.67 Å². The maximum absolute atomic E-state index is 11.0. The highest BCUT2D eigenvalue weighted by Crippen LogP contribution is 2.18. The first kappa shape index (κ1) is 5.70. The third-order valence-electron chi connectivity index (χ3n) is 1.67. The van der Waals surface area contributed by atoms with E-state index >= 15 is 0 Å². The molecule has 1 aromatic carbocycles. The Balaban J connectivity index is 2.51. The van der Waals surface area contributed by atoms with E-state index in [0.717, 1.165) is 11.4 Å². The van der Waals surface area contributed by atoms with Crippen LogP contribution in [0.5, 0.6) is 0 Å². The summed E-state index contributed by atoms with van der Waals surface area (Å²) in [5, 5.41) is 14.2. The Morgan fingerprint density at radius 1 is 1.40 bits per heavy atom. The number of hydrogen-bond acceptors (Lipinski definition) is 2. The molecule has 0 bridgehead atoms. The molecule has 1 aliphatic rings. The van der Waals surface area contributed by atoms with Gasteiger partial charge in [-0.2, -0.15) is 0 Å². The predicted octanol–water partition coefficient (Wildman–Crippen LogP) is 0.0838. The summed E-state index contributed by atoms with van der Waals surface area (Å²) in [4.78, 5) is 0. The second-order valence-electron chi connectivity index (χ2n) is 2.32. The molecule has 0 aromatic heterocycles. The fraction of sp³-hybridized carbons (Fsp3) is 0.143. The highest BCUT2D eigenvalue weighted by Gasteiger charge is 2.14. The van der Waals surface area contributed by atoms with Gasteiger partial charge in [-0.3, -0.25) is 0 Å². The van der Waals surface area contributed by atoms with Crippen LogP contribution in [0.1, 0.15) is 0 Å². The molecule has 3 heteroatoms. The summed E-state index contributed by atoms with van der Waals surface area (Å²) in [5.74, 6) is 0. The maximum atomic E-state index is 11.0. The lowest BCUT2D eigenvalue weighted by Gasteiger charge is -2.12. The first-order valence-corrected chi connectivity index (χ1v) is 3.24. The fourth-order valence-electron chi connectivity index (χ4n) is 1.15. The zero-order chi connectivity index (χ0) is 6.97. The van der Waals surface area contributed by atoms with Crippen molar-refractivity contribution in [2.75, 3.05) is 12.0 Å². The van der Waals surface area contributed by atoms with Crippen molar-refractivity contribution < 1.29 is 5.06 Å². The molecule has 1 heterocycles. The summed E-state index contributed by atoms with van der Waals surface area (Å²) in [6, 6.07) is 7.56. The molecule has 3 nitrogen and oxygen atoms in total. The number of rotatable bonds is 0. The molecular weight excluding hydrogens is 128 g/mol. The lowest BCUT2D eigenvalue weighted by molar-refractivity contribution is -0.765. The maximum Gasteiger partial charge on any atom is 0.156 e. The smallest absolute Gasteiger partial charge is 0.156 e. The summed E-state index contributed by atoms with van der Waals surface area (Å²) in [7, 11) is 0. The number of para-hydroxylation sites is 2. The number of quaternary nitrogens is 1. The molecule has 0 radical (unpaired) electrons. The van der Waals surface area contributed by atoms with Gasteiger partial charge in [0.1, 0.15) is 5.69 Å². The van der Waals surface area contributed by atoms with Crippen LogP contribution in [0.3, 0.4) is 0 Å². The van der Waals surface area contributed by atoms with E-state index in [-0.39, 0.29) is 5.06 Å². The van der Waals surface area contributed by atoms with Gasteiger partial charge >= 0.3 is 0 Å². The second kappa shape index (κ2) is 1.97. The Hall–Kier alpha value is -1.06. The van der Waals surface area contributed by atoms with Crippen LogP contribution >= 0.6 is 0 Å². The first-order chi connectivity index (χ1) is 4.88. The van der Waals surface area contributed by atoms with Crippen LogP contribution in [0.4, 0.5) is 11.4 Å². The number of anilines is 1. The Kier molecular flexibility index (Phi) is 1.12. The van der Waals surface area contributed by atoms with E-state index in [1.165, 1.54) is 0 Å². The Morgan fingerprint density at radius 2 is 2.20 bits per heavy atom. The van der Waals surface area contributed by atoms with Crippen LogP contribution in [0.2, 0.25) is 0 Å². The average Bonchev–Trinajstić information content (AvgIpc) is 2.34. The van der Waals surface area contributed by atoms with Crippen LogP contribution < -0.4 is 10.4 Å². The van der Waals surface area contributed by atoms with Gasteiger partial charge in [-0.05, 0) is 6.07 Å². The summed E-state index contributed by atoms with van der Waals surface area (Å²) in [6.07, 6.45) is 0. The molecule has 1 aliphatic heterocycles. The molecule has 0 saturated heterocycles. The predicted molar refractivity (Wildman–Crippen MR) is 38.9 cm³/mol. The van der Waals surface area contributed by atoms with Gasteiger partial charge in [-0.15, -0.1) is 0 Å². The van der Waals surface area contributed by atoms with Crippen LogP contribution in [0.25, 0.3) is 0 Å². The van der Waals surface area contributed by atoms with E-state index in [2.05, 4.69) is 5.32 Å². The van der Waals surface area contributed by atoms with Crippen molar-refractivity contribution in [1.82, 2.24) is 0 Å². The molecule has 2 N–H and O–H groups in total. The highest BCUT2D eigenvalue weighted by molar-refractivity contribution is 5.62. The summed E-state index contributed by atoms with van der Waals surface area (Å²) in [5.41, 5.74) is 1.79. The lowest BCUT2D eigenvalue weighted by atomic mass is 10.3. The molecule has 2 rings (SSSR count). The van der Waals surface area contributed by atoms with E-state index in [1.54, 1.807) is 0 Å². The minimum absolute atomic E-state index is 0.190. The van der Waals surface area contributed by atoms with Gasteiger partial charge in [-0.25, -0.2) is 0 Å². The number of nitrogens with one attached hydrogen (secondary N) is 2. The van der Waals surface area contributed by atoms with Crippen molar-refractivity contribution in [1.29, 1.82) is 0 Å². The molecular formula is C7H8N2O. The topological polar surface area (TPSA) is 39.5 Å². The fourth-order valence-corrected chi connectivity index (χ4v) is 1.15. The van der Waals surface area contributed by atoms with Gasteiger partial charge in [0.15, 0.2) is 12.4 Å². The number of benzene rings is 1. The summed E-state index contributed by atoms with van der Waals surface area (Å²) >= 11 is 0. The van der Waals surface area contributed by atoms with E-state index in [1.807, 2.05) is 24.3 Å².